The molecule has 3 aromatic rings. The standard InChI is InChI=1S/C23H22ClN3O4/c24-18-12-15(10-11-20(18)31-14-21(28)29)13-25-27-22(16-6-2-1-3-7-16)26-19-9-5-4-8-17(19)23(27)30/h4-5,8-13,16H,1-3,6-7,14H2,(H,28,29). The number of halogens is 1. The molecule has 1 N–H and O–H groups in total. The van der Waals surface area contributed by atoms with Crippen molar-refractivity contribution in [3.63, 3.8) is 0 Å². The lowest BCUT2D eigenvalue weighted by atomic mass is 9.88. The van der Waals surface area contributed by atoms with Crippen LogP contribution < -0.4 is 10.3 Å². The number of para-hydroxylation sites is 1. The minimum atomic E-state index is -1.08. The van der Waals surface area contributed by atoms with Gasteiger partial charge in [0, 0.05) is 5.92 Å². The third-order valence-electron chi connectivity index (χ3n) is 5.38. The average Bonchev–Trinajstić information content (AvgIpc) is 2.78. The van der Waals surface area contributed by atoms with Crippen LogP contribution in [0.1, 0.15) is 49.4 Å². The van der Waals surface area contributed by atoms with Crippen LogP contribution in [0.5, 0.6) is 5.75 Å². The van der Waals surface area contributed by atoms with Crippen molar-refractivity contribution >= 4 is 34.7 Å². The number of aliphatic carboxylic acids is 1. The number of carbonyl (C=O) groups is 1. The quantitative estimate of drug-likeness (QED) is 0.573. The minimum absolute atomic E-state index is 0.193. The van der Waals surface area contributed by atoms with E-state index in [1.807, 2.05) is 18.2 Å². The molecule has 0 atom stereocenters. The van der Waals surface area contributed by atoms with Crippen molar-refractivity contribution in [2.75, 3.05) is 6.61 Å². The lowest BCUT2D eigenvalue weighted by Crippen LogP contribution is -2.25. The molecular formula is C23H22ClN3O4. The monoisotopic (exact) mass is 439 g/mol. The summed E-state index contributed by atoms with van der Waals surface area (Å²) in [5, 5.41) is 14.0. The zero-order valence-electron chi connectivity index (χ0n) is 16.8. The summed E-state index contributed by atoms with van der Waals surface area (Å²) in [5.74, 6) is 0.0690. The van der Waals surface area contributed by atoms with Crippen molar-refractivity contribution in [3.05, 3.63) is 69.2 Å². The summed E-state index contributed by atoms with van der Waals surface area (Å²) >= 11 is 6.20. The van der Waals surface area contributed by atoms with Gasteiger partial charge in [-0.05, 0) is 48.7 Å². The van der Waals surface area contributed by atoms with Gasteiger partial charge >= 0.3 is 5.97 Å². The summed E-state index contributed by atoms with van der Waals surface area (Å²) in [6.45, 7) is -0.476. The van der Waals surface area contributed by atoms with E-state index in [1.165, 1.54) is 11.1 Å². The summed E-state index contributed by atoms with van der Waals surface area (Å²) in [4.78, 5) is 28.7. The topological polar surface area (TPSA) is 93.8 Å². The third kappa shape index (κ3) is 4.77. The molecule has 4 rings (SSSR count). The Morgan fingerprint density at radius 1 is 1.23 bits per heavy atom. The van der Waals surface area contributed by atoms with Gasteiger partial charge < -0.3 is 9.84 Å². The van der Waals surface area contributed by atoms with Crippen molar-refractivity contribution < 1.29 is 14.6 Å². The second kappa shape index (κ2) is 9.31. The maximum absolute atomic E-state index is 13.2. The van der Waals surface area contributed by atoms with Crippen LogP contribution in [0, 0.1) is 0 Å². The summed E-state index contributed by atoms with van der Waals surface area (Å²) in [6.07, 6.45) is 6.96. The Labute approximate surface area is 183 Å². The zero-order chi connectivity index (χ0) is 21.8. The highest BCUT2D eigenvalue weighted by molar-refractivity contribution is 6.32. The Kier molecular flexibility index (Phi) is 6.32. The molecule has 1 saturated carbocycles. The van der Waals surface area contributed by atoms with Crippen molar-refractivity contribution in [1.29, 1.82) is 0 Å². The van der Waals surface area contributed by atoms with Gasteiger partial charge in [-0.2, -0.15) is 9.78 Å². The van der Waals surface area contributed by atoms with Crippen LogP contribution >= 0.6 is 11.6 Å². The number of fused-ring (bicyclic) bond motifs is 1. The van der Waals surface area contributed by atoms with Gasteiger partial charge in [0.05, 0.1) is 22.1 Å². The molecule has 1 aromatic heterocycles. The third-order valence-corrected chi connectivity index (χ3v) is 5.67. The molecule has 1 aliphatic rings. The predicted octanol–water partition coefficient (Wildman–Crippen LogP) is 4.44. The van der Waals surface area contributed by atoms with Gasteiger partial charge in [-0.15, -0.1) is 0 Å². The zero-order valence-corrected chi connectivity index (χ0v) is 17.6. The Bertz CT molecular complexity index is 1200. The SMILES string of the molecule is O=C(O)COc1ccc(C=Nn2c(C3CCCCC3)nc3ccccc3c2=O)cc1Cl. The van der Waals surface area contributed by atoms with E-state index in [-0.39, 0.29) is 22.2 Å². The van der Waals surface area contributed by atoms with Crippen molar-refractivity contribution in [2.24, 2.45) is 5.10 Å². The molecule has 0 amide bonds. The Hall–Kier alpha value is -3.19. The first kappa shape index (κ1) is 21.1. The molecule has 31 heavy (non-hydrogen) atoms. The first-order chi connectivity index (χ1) is 15.0. The maximum atomic E-state index is 13.2. The molecule has 1 heterocycles. The fourth-order valence-corrected chi connectivity index (χ4v) is 4.10. The molecular weight excluding hydrogens is 418 g/mol. The molecule has 8 heteroatoms. The van der Waals surface area contributed by atoms with E-state index in [0.717, 1.165) is 25.7 Å². The largest absolute Gasteiger partial charge is 0.480 e. The number of ether oxygens (including phenoxy) is 1. The molecule has 1 fully saturated rings. The highest BCUT2D eigenvalue weighted by Crippen LogP contribution is 2.32. The maximum Gasteiger partial charge on any atom is 0.341 e. The smallest absolute Gasteiger partial charge is 0.341 e. The van der Waals surface area contributed by atoms with Gasteiger partial charge in [0.25, 0.3) is 5.56 Å². The Balaban J connectivity index is 1.70. The second-order valence-corrected chi connectivity index (χ2v) is 7.96. The lowest BCUT2D eigenvalue weighted by Gasteiger charge is -2.22. The molecule has 0 spiro atoms. The fourth-order valence-electron chi connectivity index (χ4n) is 3.86. The van der Waals surface area contributed by atoms with Crippen LogP contribution in [0.2, 0.25) is 5.02 Å². The van der Waals surface area contributed by atoms with Gasteiger partial charge in [0.15, 0.2) is 6.61 Å². The van der Waals surface area contributed by atoms with Crippen LogP contribution in [-0.4, -0.2) is 33.6 Å². The number of hydrogen-bond donors (Lipinski definition) is 1. The Morgan fingerprint density at radius 3 is 2.74 bits per heavy atom. The van der Waals surface area contributed by atoms with E-state index >= 15 is 0 Å². The minimum Gasteiger partial charge on any atom is -0.480 e. The molecule has 0 aliphatic heterocycles. The Morgan fingerprint density at radius 2 is 2.00 bits per heavy atom. The van der Waals surface area contributed by atoms with E-state index < -0.39 is 12.6 Å². The summed E-state index contributed by atoms with van der Waals surface area (Å²) < 4.78 is 6.54. The summed E-state index contributed by atoms with van der Waals surface area (Å²) in [7, 11) is 0. The molecule has 0 unspecified atom stereocenters. The van der Waals surface area contributed by atoms with Crippen LogP contribution in [-0.2, 0) is 4.79 Å². The van der Waals surface area contributed by atoms with E-state index in [1.54, 1.807) is 30.5 Å². The molecule has 160 valence electrons. The molecule has 1 aliphatic carbocycles. The molecule has 0 saturated heterocycles. The highest BCUT2D eigenvalue weighted by atomic mass is 35.5. The van der Waals surface area contributed by atoms with Crippen molar-refractivity contribution in [1.82, 2.24) is 9.66 Å². The molecule has 7 nitrogen and oxygen atoms in total. The van der Waals surface area contributed by atoms with Crippen LogP contribution in [0.3, 0.4) is 0 Å². The fraction of sp³-hybridized carbons (Fsp3) is 0.304. The van der Waals surface area contributed by atoms with E-state index in [0.29, 0.717) is 22.3 Å². The number of nitrogens with zero attached hydrogens (tertiary/aromatic N) is 3. The van der Waals surface area contributed by atoms with Crippen LogP contribution in [0.25, 0.3) is 10.9 Å². The molecule has 0 radical (unpaired) electrons. The van der Waals surface area contributed by atoms with Crippen LogP contribution in [0.15, 0.2) is 52.4 Å². The van der Waals surface area contributed by atoms with E-state index in [2.05, 4.69) is 5.10 Å². The van der Waals surface area contributed by atoms with Gasteiger partial charge in [-0.25, -0.2) is 9.78 Å². The van der Waals surface area contributed by atoms with Gasteiger partial charge in [-0.3, -0.25) is 4.79 Å². The first-order valence-electron chi connectivity index (χ1n) is 10.2. The summed E-state index contributed by atoms with van der Waals surface area (Å²) in [5.41, 5.74) is 1.14. The van der Waals surface area contributed by atoms with Gasteiger partial charge in [0.1, 0.15) is 11.6 Å². The molecule has 2 aromatic carbocycles. The lowest BCUT2D eigenvalue weighted by molar-refractivity contribution is -0.139. The highest BCUT2D eigenvalue weighted by Gasteiger charge is 2.22. The first-order valence-corrected chi connectivity index (χ1v) is 10.6. The van der Waals surface area contributed by atoms with Crippen molar-refractivity contribution in [2.45, 2.75) is 38.0 Å². The second-order valence-electron chi connectivity index (χ2n) is 7.56. The van der Waals surface area contributed by atoms with Crippen LogP contribution in [0.4, 0.5) is 0 Å². The predicted molar refractivity (Wildman–Crippen MR) is 119 cm³/mol. The van der Waals surface area contributed by atoms with Gasteiger partial charge in [-0.1, -0.05) is 43.0 Å². The number of rotatable bonds is 6. The van der Waals surface area contributed by atoms with Gasteiger partial charge in [0.2, 0.25) is 0 Å². The average molecular weight is 440 g/mol. The number of benzene rings is 2. The van der Waals surface area contributed by atoms with E-state index in [4.69, 9.17) is 26.4 Å². The van der Waals surface area contributed by atoms with Crippen molar-refractivity contribution in [3.8, 4) is 5.75 Å². The number of carboxylic acids is 1. The normalized spacial score (nSPS) is 14.9. The number of carboxylic acid groups (broad SMARTS) is 1. The number of aromatic nitrogens is 2. The molecule has 0 bridgehead atoms. The van der Waals surface area contributed by atoms with E-state index in [9.17, 15) is 9.59 Å². The summed E-state index contributed by atoms with van der Waals surface area (Å²) in [6, 6.07) is 12.2. The number of hydrogen-bond acceptors (Lipinski definition) is 5.